The SMILES string of the molecule is COC(=O)C1CN(S(=O)(=O)N2CCCCC2C)Cc2ccccc21. The first kappa shape index (κ1) is 17.4. The van der Waals surface area contributed by atoms with Gasteiger partial charge in [-0.2, -0.15) is 17.0 Å². The summed E-state index contributed by atoms with van der Waals surface area (Å²) in [6.07, 6.45) is 2.82. The molecule has 0 radical (unpaired) electrons. The lowest BCUT2D eigenvalue weighted by atomic mass is 9.91. The maximum atomic E-state index is 13.1. The number of esters is 1. The van der Waals surface area contributed by atoms with E-state index >= 15 is 0 Å². The molecule has 0 spiro atoms. The molecular weight excluding hydrogens is 328 g/mol. The summed E-state index contributed by atoms with van der Waals surface area (Å²) in [5.41, 5.74) is 1.73. The first-order chi connectivity index (χ1) is 11.4. The predicted molar refractivity (Wildman–Crippen MR) is 90.5 cm³/mol. The average molecular weight is 352 g/mol. The van der Waals surface area contributed by atoms with E-state index in [-0.39, 0.29) is 12.6 Å². The van der Waals surface area contributed by atoms with Crippen LogP contribution in [0.5, 0.6) is 0 Å². The number of methoxy groups -OCH3 is 1. The van der Waals surface area contributed by atoms with Crippen LogP contribution in [0.4, 0.5) is 0 Å². The van der Waals surface area contributed by atoms with Crippen LogP contribution in [-0.2, 0) is 26.3 Å². The zero-order valence-electron chi connectivity index (χ0n) is 14.1. The van der Waals surface area contributed by atoms with Crippen LogP contribution in [0, 0.1) is 0 Å². The number of carbonyl (C=O) groups excluding carboxylic acids is 1. The molecule has 0 N–H and O–H groups in total. The fourth-order valence-electron chi connectivity index (χ4n) is 3.66. The van der Waals surface area contributed by atoms with Crippen molar-refractivity contribution in [1.82, 2.24) is 8.61 Å². The van der Waals surface area contributed by atoms with E-state index in [1.807, 2.05) is 31.2 Å². The highest BCUT2D eigenvalue weighted by atomic mass is 32.2. The highest BCUT2D eigenvalue weighted by Crippen LogP contribution is 2.33. The molecule has 1 fully saturated rings. The summed E-state index contributed by atoms with van der Waals surface area (Å²) in [4.78, 5) is 12.2. The quantitative estimate of drug-likeness (QED) is 0.779. The van der Waals surface area contributed by atoms with E-state index in [1.165, 1.54) is 11.4 Å². The summed E-state index contributed by atoms with van der Waals surface area (Å²) in [5.74, 6) is -0.969. The number of piperidine rings is 1. The second kappa shape index (κ2) is 6.82. The Bertz CT molecular complexity index is 719. The predicted octanol–water partition coefficient (Wildman–Crippen LogP) is 1.88. The topological polar surface area (TPSA) is 66.9 Å². The third-order valence-corrected chi connectivity index (χ3v) is 7.08. The maximum Gasteiger partial charge on any atom is 0.314 e. The van der Waals surface area contributed by atoms with Crippen molar-refractivity contribution in [1.29, 1.82) is 0 Å². The largest absolute Gasteiger partial charge is 0.469 e. The summed E-state index contributed by atoms with van der Waals surface area (Å²) in [5, 5.41) is 0. The van der Waals surface area contributed by atoms with Crippen molar-refractivity contribution in [2.24, 2.45) is 0 Å². The van der Waals surface area contributed by atoms with Gasteiger partial charge in [-0.3, -0.25) is 4.79 Å². The molecule has 24 heavy (non-hydrogen) atoms. The summed E-state index contributed by atoms with van der Waals surface area (Å²) in [6.45, 7) is 2.93. The van der Waals surface area contributed by atoms with Gasteiger partial charge in [-0.25, -0.2) is 0 Å². The van der Waals surface area contributed by atoms with Crippen molar-refractivity contribution in [2.75, 3.05) is 20.2 Å². The Morgan fingerprint density at radius 2 is 2.00 bits per heavy atom. The molecule has 2 atom stereocenters. The number of hydrogen-bond acceptors (Lipinski definition) is 4. The molecule has 7 heteroatoms. The zero-order valence-corrected chi connectivity index (χ0v) is 15.0. The van der Waals surface area contributed by atoms with Gasteiger partial charge in [0.1, 0.15) is 0 Å². The van der Waals surface area contributed by atoms with Gasteiger partial charge < -0.3 is 4.74 Å². The van der Waals surface area contributed by atoms with Crippen molar-refractivity contribution < 1.29 is 17.9 Å². The van der Waals surface area contributed by atoms with Crippen LogP contribution in [0.1, 0.15) is 43.2 Å². The Kier molecular flexibility index (Phi) is 4.94. The monoisotopic (exact) mass is 352 g/mol. The molecule has 132 valence electrons. The van der Waals surface area contributed by atoms with E-state index in [4.69, 9.17) is 4.74 Å². The second-order valence-electron chi connectivity index (χ2n) is 6.53. The lowest BCUT2D eigenvalue weighted by molar-refractivity contribution is -0.142. The Hall–Kier alpha value is -1.44. The minimum atomic E-state index is -3.59. The van der Waals surface area contributed by atoms with E-state index in [0.717, 1.165) is 30.4 Å². The van der Waals surface area contributed by atoms with Gasteiger partial charge in [0, 0.05) is 25.7 Å². The van der Waals surface area contributed by atoms with Crippen LogP contribution >= 0.6 is 0 Å². The molecule has 2 aliphatic heterocycles. The van der Waals surface area contributed by atoms with Crippen LogP contribution < -0.4 is 0 Å². The van der Waals surface area contributed by atoms with Crippen molar-refractivity contribution in [2.45, 2.75) is 44.7 Å². The van der Waals surface area contributed by atoms with Gasteiger partial charge in [-0.15, -0.1) is 0 Å². The molecule has 2 heterocycles. The average Bonchev–Trinajstić information content (AvgIpc) is 2.60. The molecular formula is C17H24N2O4S. The van der Waals surface area contributed by atoms with Gasteiger partial charge in [0.2, 0.25) is 0 Å². The summed E-state index contributed by atoms with van der Waals surface area (Å²) in [7, 11) is -2.25. The molecule has 1 aromatic carbocycles. The van der Waals surface area contributed by atoms with Gasteiger partial charge in [0.05, 0.1) is 13.0 Å². The summed E-state index contributed by atoms with van der Waals surface area (Å²) >= 11 is 0. The van der Waals surface area contributed by atoms with Crippen molar-refractivity contribution in [3.63, 3.8) is 0 Å². The minimum Gasteiger partial charge on any atom is -0.469 e. The Balaban J connectivity index is 1.93. The molecule has 0 aromatic heterocycles. The molecule has 6 nitrogen and oxygen atoms in total. The van der Waals surface area contributed by atoms with E-state index in [0.29, 0.717) is 13.1 Å². The summed E-state index contributed by atoms with van der Waals surface area (Å²) in [6, 6.07) is 7.49. The molecule has 2 aliphatic rings. The van der Waals surface area contributed by atoms with Crippen molar-refractivity contribution in [3.05, 3.63) is 35.4 Å². The lowest BCUT2D eigenvalue weighted by Crippen LogP contribution is -2.52. The third kappa shape index (κ3) is 3.08. The van der Waals surface area contributed by atoms with Crippen LogP contribution in [0.25, 0.3) is 0 Å². The number of hydrogen-bond donors (Lipinski definition) is 0. The number of fused-ring (bicyclic) bond motifs is 1. The number of rotatable bonds is 3. The number of nitrogens with zero attached hydrogens (tertiary/aromatic N) is 2. The van der Waals surface area contributed by atoms with E-state index in [1.54, 1.807) is 4.31 Å². The van der Waals surface area contributed by atoms with E-state index < -0.39 is 22.1 Å². The fourth-order valence-corrected chi connectivity index (χ4v) is 5.51. The number of carbonyl (C=O) groups is 1. The highest BCUT2D eigenvalue weighted by molar-refractivity contribution is 7.86. The summed E-state index contributed by atoms with van der Waals surface area (Å²) < 4.78 is 34.1. The van der Waals surface area contributed by atoms with Crippen LogP contribution in [0.2, 0.25) is 0 Å². The lowest BCUT2D eigenvalue weighted by Gasteiger charge is -2.39. The van der Waals surface area contributed by atoms with Crippen LogP contribution in [0.15, 0.2) is 24.3 Å². The van der Waals surface area contributed by atoms with Gasteiger partial charge >= 0.3 is 5.97 Å². The first-order valence-electron chi connectivity index (χ1n) is 8.37. The number of ether oxygens (including phenoxy) is 1. The molecule has 0 amide bonds. The highest BCUT2D eigenvalue weighted by Gasteiger charge is 2.40. The Labute approximate surface area is 143 Å². The van der Waals surface area contributed by atoms with E-state index in [2.05, 4.69) is 0 Å². The molecule has 1 aromatic rings. The van der Waals surface area contributed by atoms with Gasteiger partial charge in [-0.05, 0) is 30.9 Å². The fraction of sp³-hybridized carbons (Fsp3) is 0.588. The van der Waals surface area contributed by atoms with E-state index in [9.17, 15) is 13.2 Å². The maximum absolute atomic E-state index is 13.1. The smallest absolute Gasteiger partial charge is 0.314 e. The van der Waals surface area contributed by atoms with Crippen LogP contribution in [-0.4, -0.2) is 49.2 Å². The molecule has 0 aliphatic carbocycles. The van der Waals surface area contributed by atoms with Gasteiger partial charge in [0.15, 0.2) is 0 Å². The Morgan fingerprint density at radius 3 is 2.71 bits per heavy atom. The third-order valence-electron chi connectivity index (χ3n) is 5.01. The first-order valence-corrected chi connectivity index (χ1v) is 9.77. The normalized spacial score (nSPS) is 25.9. The Morgan fingerprint density at radius 1 is 1.25 bits per heavy atom. The van der Waals surface area contributed by atoms with Crippen molar-refractivity contribution in [3.8, 4) is 0 Å². The molecule has 0 saturated carbocycles. The van der Waals surface area contributed by atoms with Crippen LogP contribution in [0.3, 0.4) is 0 Å². The second-order valence-corrected chi connectivity index (χ2v) is 8.41. The molecule has 0 bridgehead atoms. The molecule has 2 unspecified atom stereocenters. The number of benzene rings is 1. The molecule has 3 rings (SSSR count). The van der Waals surface area contributed by atoms with Crippen molar-refractivity contribution >= 4 is 16.2 Å². The van der Waals surface area contributed by atoms with Gasteiger partial charge in [0.25, 0.3) is 10.2 Å². The zero-order chi connectivity index (χ0) is 17.3. The minimum absolute atomic E-state index is 0.00232. The standard InChI is InChI=1S/C17H24N2O4S/c1-13-7-5-6-10-19(13)24(21,22)18-11-14-8-3-4-9-15(14)16(12-18)17(20)23-2/h3-4,8-9,13,16H,5-7,10-12H2,1-2H3. The van der Waals surface area contributed by atoms with Gasteiger partial charge in [-0.1, -0.05) is 30.7 Å². The molecule has 1 saturated heterocycles.